The highest BCUT2D eigenvalue weighted by atomic mass is 16.5. The Labute approximate surface area is 107 Å². The number of methoxy groups -OCH3 is 1. The highest BCUT2D eigenvalue weighted by Gasteiger charge is 2.11. The molecule has 0 radical (unpaired) electrons. The Morgan fingerprint density at radius 1 is 1.17 bits per heavy atom. The number of ether oxygens (including phenoxy) is 1. The van der Waals surface area contributed by atoms with E-state index in [1.54, 1.807) is 13.4 Å². The van der Waals surface area contributed by atoms with E-state index in [4.69, 9.17) is 9.15 Å². The first-order valence-electron chi connectivity index (χ1n) is 6.08. The fourth-order valence-electron chi connectivity index (χ4n) is 2.01. The molecule has 1 aromatic carbocycles. The van der Waals surface area contributed by atoms with Gasteiger partial charge in [-0.2, -0.15) is 0 Å². The molecule has 0 aliphatic carbocycles. The standard InChI is InChI=1S/C15H18O3/c1-17-14-6-4-12(5-7-14)9-13(11-16)10-15-3-2-8-18-15/h2-8,13,16H,9-11H2,1H3. The molecule has 0 spiro atoms. The number of benzene rings is 1. The summed E-state index contributed by atoms with van der Waals surface area (Å²) in [6, 6.07) is 11.8. The van der Waals surface area contributed by atoms with Crippen molar-refractivity contribution >= 4 is 0 Å². The van der Waals surface area contributed by atoms with Gasteiger partial charge in [-0.3, -0.25) is 0 Å². The Hall–Kier alpha value is -1.74. The molecule has 2 rings (SSSR count). The number of rotatable bonds is 6. The van der Waals surface area contributed by atoms with Crippen molar-refractivity contribution in [2.75, 3.05) is 13.7 Å². The second kappa shape index (κ2) is 6.26. The molecular formula is C15H18O3. The Balaban J connectivity index is 1.96. The fourth-order valence-corrected chi connectivity index (χ4v) is 2.01. The Kier molecular flexibility index (Phi) is 4.42. The van der Waals surface area contributed by atoms with Crippen molar-refractivity contribution < 1.29 is 14.3 Å². The molecule has 1 aromatic heterocycles. The molecular weight excluding hydrogens is 228 g/mol. The van der Waals surface area contributed by atoms with Gasteiger partial charge in [0, 0.05) is 13.0 Å². The van der Waals surface area contributed by atoms with Crippen LogP contribution in [-0.2, 0) is 12.8 Å². The Morgan fingerprint density at radius 2 is 1.94 bits per heavy atom. The number of hydrogen-bond acceptors (Lipinski definition) is 3. The summed E-state index contributed by atoms with van der Waals surface area (Å²) in [4.78, 5) is 0. The van der Waals surface area contributed by atoms with Crippen molar-refractivity contribution in [1.82, 2.24) is 0 Å². The van der Waals surface area contributed by atoms with Crippen LogP contribution in [0, 0.1) is 5.92 Å². The van der Waals surface area contributed by atoms with Gasteiger partial charge in [0.2, 0.25) is 0 Å². The van der Waals surface area contributed by atoms with E-state index in [2.05, 4.69) is 0 Å². The summed E-state index contributed by atoms with van der Waals surface area (Å²) in [5.74, 6) is 1.96. The van der Waals surface area contributed by atoms with E-state index >= 15 is 0 Å². The molecule has 2 aromatic rings. The summed E-state index contributed by atoms with van der Waals surface area (Å²) in [5, 5.41) is 9.42. The highest BCUT2D eigenvalue weighted by molar-refractivity contribution is 5.27. The molecule has 0 saturated carbocycles. The smallest absolute Gasteiger partial charge is 0.118 e. The molecule has 18 heavy (non-hydrogen) atoms. The number of aliphatic hydroxyl groups is 1. The van der Waals surface area contributed by atoms with Gasteiger partial charge in [-0.05, 0) is 42.2 Å². The third-order valence-electron chi connectivity index (χ3n) is 3.01. The molecule has 1 unspecified atom stereocenters. The van der Waals surface area contributed by atoms with Crippen LogP contribution < -0.4 is 4.74 Å². The molecule has 3 nitrogen and oxygen atoms in total. The van der Waals surface area contributed by atoms with Crippen LogP contribution >= 0.6 is 0 Å². The molecule has 0 bridgehead atoms. The van der Waals surface area contributed by atoms with Crippen LogP contribution in [0.1, 0.15) is 11.3 Å². The molecule has 0 aliphatic heterocycles. The SMILES string of the molecule is COc1ccc(CC(CO)Cc2ccco2)cc1. The monoisotopic (exact) mass is 246 g/mol. The van der Waals surface area contributed by atoms with Crippen molar-refractivity contribution in [2.45, 2.75) is 12.8 Å². The van der Waals surface area contributed by atoms with Gasteiger partial charge in [-0.1, -0.05) is 12.1 Å². The average Bonchev–Trinajstić information content (AvgIpc) is 2.91. The lowest BCUT2D eigenvalue weighted by Gasteiger charge is -2.13. The van der Waals surface area contributed by atoms with Crippen LogP contribution in [0.2, 0.25) is 0 Å². The fraction of sp³-hybridized carbons (Fsp3) is 0.333. The quantitative estimate of drug-likeness (QED) is 0.852. The van der Waals surface area contributed by atoms with E-state index < -0.39 is 0 Å². The summed E-state index contributed by atoms with van der Waals surface area (Å²) in [7, 11) is 1.66. The maximum absolute atomic E-state index is 9.42. The molecule has 96 valence electrons. The van der Waals surface area contributed by atoms with Crippen molar-refractivity contribution in [2.24, 2.45) is 5.92 Å². The number of aliphatic hydroxyl groups excluding tert-OH is 1. The van der Waals surface area contributed by atoms with Crippen LogP contribution in [0.5, 0.6) is 5.75 Å². The summed E-state index contributed by atoms with van der Waals surface area (Å²) in [5.41, 5.74) is 1.20. The van der Waals surface area contributed by atoms with E-state index in [0.29, 0.717) is 0 Å². The summed E-state index contributed by atoms with van der Waals surface area (Å²) >= 11 is 0. The molecule has 1 heterocycles. The van der Waals surface area contributed by atoms with E-state index in [1.165, 1.54) is 5.56 Å². The van der Waals surface area contributed by atoms with Gasteiger partial charge in [-0.25, -0.2) is 0 Å². The lowest BCUT2D eigenvalue weighted by Crippen LogP contribution is -2.12. The summed E-state index contributed by atoms with van der Waals surface area (Å²) in [6.45, 7) is 0.159. The van der Waals surface area contributed by atoms with Gasteiger partial charge >= 0.3 is 0 Å². The zero-order chi connectivity index (χ0) is 12.8. The van der Waals surface area contributed by atoms with Crippen molar-refractivity contribution in [3.05, 3.63) is 54.0 Å². The minimum atomic E-state index is 0.159. The maximum atomic E-state index is 9.42. The molecule has 0 amide bonds. The van der Waals surface area contributed by atoms with Crippen LogP contribution in [0.25, 0.3) is 0 Å². The van der Waals surface area contributed by atoms with Gasteiger partial charge in [0.05, 0.1) is 13.4 Å². The number of furan rings is 1. The first kappa shape index (κ1) is 12.7. The third kappa shape index (κ3) is 3.37. The lowest BCUT2D eigenvalue weighted by molar-refractivity contribution is 0.219. The van der Waals surface area contributed by atoms with Gasteiger partial charge < -0.3 is 14.3 Å². The molecule has 3 heteroatoms. The maximum Gasteiger partial charge on any atom is 0.118 e. The zero-order valence-electron chi connectivity index (χ0n) is 10.5. The van der Waals surface area contributed by atoms with E-state index in [-0.39, 0.29) is 12.5 Å². The van der Waals surface area contributed by atoms with Crippen molar-refractivity contribution in [3.63, 3.8) is 0 Å². The van der Waals surface area contributed by atoms with Crippen LogP contribution in [-0.4, -0.2) is 18.8 Å². The predicted octanol–water partition coefficient (Wildman–Crippen LogP) is 2.68. The van der Waals surface area contributed by atoms with Gasteiger partial charge in [0.1, 0.15) is 11.5 Å². The lowest BCUT2D eigenvalue weighted by atomic mass is 9.96. The second-order valence-corrected chi connectivity index (χ2v) is 4.38. The first-order chi connectivity index (χ1) is 8.81. The van der Waals surface area contributed by atoms with Gasteiger partial charge in [0.15, 0.2) is 0 Å². The second-order valence-electron chi connectivity index (χ2n) is 4.38. The first-order valence-corrected chi connectivity index (χ1v) is 6.08. The predicted molar refractivity (Wildman–Crippen MR) is 69.7 cm³/mol. The summed E-state index contributed by atoms with van der Waals surface area (Å²) in [6.07, 6.45) is 3.26. The normalized spacial score (nSPS) is 12.3. The molecule has 1 N–H and O–H groups in total. The molecule has 0 fully saturated rings. The minimum Gasteiger partial charge on any atom is -0.497 e. The van der Waals surface area contributed by atoms with Crippen LogP contribution in [0.3, 0.4) is 0 Å². The molecule has 0 saturated heterocycles. The average molecular weight is 246 g/mol. The van der Waals surface area contributed by atoms with Crippen LogP contribution in [0.15, 0.2) is 47.1 Å². The topological polar surface area (TPSA) is 42.6 Å². The van der Waals surface area contributed by atoms with Gasteiger partial charge in [0.25, 0.3) is 0 Å². The Bertz CT molecular complexity index is 445. The zero-order valence-corrected chi connectivity index (χ0v) is 10.5. The van der Waals surface area contributed by atoms with E-state index in [9.17, 15) is 5.11 Å². The third-order valence-corrected chi connectivity index (χ3v) is 3.01. The van der Waals surface area contributed by atoms with Crippen LogP contribution in [0.4, 0.5) is 0 Å². The minimum absolute atomic E-state index is 0.159. The van der Waals surface area contributed by atoms with Gasteiger partial charge in [-0.15, -0.1) is 0 Å². The van der Waals surface area contributed by atoms with E-state index in [0.717, 1.165) is 24.4 Å². The highest BCUT2D eigenvalue weighted by Crippen LogP contribution is 2.17. The van der Waals surface area contributed by atoms with E-state index in [1.807, 2.05) is 36.4 Å². The molecule has 0 aliphatic rings. The largest absolute Gasteiger partial charge is 0.497 e. The van der Waals surface area contributed by atoms with Crippen molar-refractivity contribution in [1.29, 1.82) is 0 Å². The van der Waals surface area contributed by atoms with Crippen molar-refractivity contribution in [3.8, 4) is 5.75 Å². The molecule has 1 atom stereocenters. The number of hydrogen-bond donors (Lipinski definition) is 1. The summed E-state index contributed by atoms with van der Waals surface area (Å²) < 4.78 is 10.4. The Morgan fingerprint density at radius 3 is 2.50 bits per heavy atom.